The molecule has 5 nitrogen and oxygen atoms in total. The van der Waals surface area contributed by atoms with Gasteiger partial charge in [-0.15, -0.1) is 0 Å². The molecule has 0 bridgehead atoms. The first kappa shape index (κ1) is 17.0. The van der Waals surface area contributed by atoms with Gasteiger partial charge in [0.1, 0.15) is 0 Å². The van der Waals surface area contributed by atoms with Crippen LogP contribution in [0.1, 0.15) is 42.0 Å². The summed E-state index contributed by atoms with van der Waals surface area (Å²) in [7, 11) is -1.33. The van der Waals surface area contributed by atoms with Gasteiger partial charge in [-0.3, -0.25) is 4.79 Å². The van der Waals surface area contributed by atoms with Crippen molar-refractivity contribution in [1.82, 2.24) is 0 Å². The van der Waals surface area contributed by atoms with Crippen LogP contribution in [0.4, 0.5) is 0 Å². The predicted octanol–water partition coefficient (Wildman–Crippen LogP) is 1.22. The Morgan fingerprint density at radius 1 is 1.45 bits per heavy atom. The van der Waals surface area contributed by atoms with Crippen molar-refractivity contribution in [3.05, 3.63) is 34.4 Å². The first-order valence-corrected chi connectivity index (χ1v) is 7.73. The molecule has 0 saturated carbocycles. The Bertz CT molecular complexity index is 576. The predicted molar refractivity (Wildman–Crippen MR) is 85.5 cm³/mol. The normalized spacial score (nSPS) is 23.4. The summed E-state index contributed by atoms with van der Waals surface area (Å²) in [5, 5.41) is 27.7. The molecule has 0 aliphatic heterocycles. The van der Waals surface area contributed by atoms with Gasteiger partial charge in [0, 0.05) is 6.54 Å². The lowest BCUT2D eigenvalue weighted by Gasteiger charge is -2.28. The number of hydrogen-bond donors (Lipinski definition) is 4. The summed E-state index contributed by atoms with van der Waals surface area (Å²) in [4.78, 5) is 11.9. The van der Waals surface area contributed by atoms with Crippen molar-refractivity contribution in [3.63, 3.8) is 0 Å². The highest BCUT2D eigenvalue weighted by molar-refractivity contribution is 6.40. The van der Waals surface area contributed by atoms with Crippen molar-refractivity contribution in [2.75, 3.05) is 0 Å². The molecule has 120 valence electrons. The highest BCUT2D eigenvalue weighted by Crippen LogP contribution is 2.46. The van der Waals surface area contributed by atoms with Crippen LogP contribution < -0.4 is 5.73 Å². The number of aliphatic carboxylic acids is 1. The van der Waals surface area contributed by atoms with Crippen LogP contribution in [-0.2, 0) is 23.2 Å². The Morgan fingerprint density at radius 2 is 2.14 bits per heavy atom. The topological polar surface area (TPSA) is 104 Å². The molecule has 1 aromatic rings. The molecule has 0 amide bonds. The fraction of sp³-hybridized carbons (Fsp3) is 0.562. The molecule has 22 heavy (non-hydrogen) atoms. The third kappa shape index (κ3) is 2.91. The van der Waals surface area contributed by atoms with Crippen LogP contribution in [0.3, 0.4) is 0 Å². The Labute approximate surface area is 131 Å². The third-order valence-electron chi connectivity index (χ3n) is 5.08. The molecule has 0 radical (unpaired) electrons. The molecular weight excluding hydrogens is 281 g/mol. The Hall–Kier alpha value is -1.37. The average Bonchev–Trinajstić information content (AvgIpc) is 2.72. The summed E-state index contributed by atoms with van der Waals surface area (Å²) in [5.74, 6) is -0.855. The van der Waals surface area contributed by atoms with Gasteiger partial charge in [-0.25, -0.2) is 0 Å². The first-order valence-electron chi connectivity index (χ1n) is 7.73. The summed E-state index contributed by atoms with van der Waals surface area (Å²) < 4.78 is 0. The molecule has 5 N–H and O–H groups in total. The molecule has 1 aliphatic rings. The van der Waals surface area contributed by atoms with Crippen molar-refractivity contribution < 1.29 is 19.9 Å². The molecule has 0 fully saturated rings. The van der Waals surface area contributed by atoms with Crippen LogP contribution in [0.5, 0.6) is 0 Å². The lowest BCUT2D eigenvalue weighted by molar-refractivity contribution is -0.145. The van der Waals surface area contributed by atoms with Gasteiger partial charge in [-0.2, -0.15) is 0 Å². The molecular formula is C16H24BNO4. The smallest absolute Gasteiger partial charge is 0.451 e. The number of benzene rings is 1. The quantitative estimate of drug-likeness (QED) is 0.592. The third-order valence-corrected chi connectivity index (χ3v) is 5.08. The lowest BCUT2D eigenvalue weighted by Crippen LogP contribution is -2.37. The summed E-state index contributed by atoms with van der Waals surface area (Å²) in [6, 6.07) is 4.00. The highest BCUT2D eigenvalue weighted by Gasteiger charge is 2.48. The van der Waals surface area contributed by atoms with E-state index >= 15 is 0 Å². The highest BCUT2D eigenvalue weighted by atomic mass is 16.4. The van der Waals surface area contributed by atoms with E-state index in [0.717, 1.165) is 22.3 Å². The molecule has 2 rings (SSSR count). The molecule has 0 heterocycles. The minimum atomic E-state index is -1.33. The number of carbonyl (C=O) groups is 1. The number of fused-ring (bicyclic) bond motifs is 1. The maximum absolute atomic E-state index is 11.9. The zero-order valence-corrected chi connectivity index (χ0v) is 13.2. The Morgan fingerprint density at radius 3 is 2.68 bits per heavy atom. The maximum atomic E-state index is 11.9. The number of carboxylic acids is 1. The van der Waals surface area contributed by atoms with Crippen LogP contribution in [0.2, 0.25) is 6.32 Å². The fourth-order valence-electron chi connectivity index (χ4n) is 3.59. The van der Waals surface area contributed by atoms with Gasteiger partial charge in [0.15, 0.2) is 0 Å². The average molecular weight is 305 g/mol. The van der Waals surface area contributed by atoms with Crippen molar-refractivity contribution >= 4 is 13.1 Å². The van der Waals surface area contributed by atoms with Crippen molar-refractivity contribution in [2.45, 2.75) is 51.4 Å². The first-order chi connectivity index (χ1) is 10.3. The molecule has 0 unspecified atom stereocenters. The largest absolute Gasteiger partial charge is 0.481 e. The van der Waals surface area contributed by atoms with Gasteiger partial charge in [-0.05, 0) is 61.2 Å². The summed E-state index contributed by atoms with van der Waals surface area (Å²) in [6.07, 6.45) is 2.23. The van der Waals surface area contributed by atoms with Gasteiger partial charge in [-0.1, -0.05) is 18.6 Å². The minimum absolute atomic E-state index is 0.0359. The molecule has 1 aromatic carbocycles. The molecule has 1 aliphatic carbocycles. The Kier molecular flexibility index (Phi) is 4.95. The minimum Gasteiger partial charge on any atom is -0.481 e. The van der Waals surface area contributed by atoms with Crippen molar-refractivity contribution in [2.24, 2.45) is 11.7 Å². The second-order valence-corrected chi connectivity index (χ2v) is 6.46. The summed E-state index contributed by atoms with van der Waals surface area (Å²) >= 11 is 0. The standard InChI is InChI=1S/C16H24BNO4/c1-10-6-14-11(7-12(10)9-18)8-13(4-3-5-17(21)22)16(14,2)15(19)20/h6-7,13,21-22H,3-5,8-9,18H2,1-2H3,(H,19,20)/t13-,16-/m0/s1. The van der Waals surface area contributed by atoms with Crippen LogP contribution >= 0.6 is 0 Å². The Balaban J connectivity index is 2.33. The van der Waals surface area contributed by atoms with E-state index in [1.54, 1.807) is 6.92 Å². The van der Waals surface area contributed by atoms with Crippen molar-refractivity contribution in [1.29, 1.82) is 0 Å². The summed E-state index contributed by atoms with van der Waals surface area (Å²) in [6.45, 7) is 4.19. The van der Waals surface area contributed by atoms with Gasteiger partial charge in [0.2, 0.25) is 0 Å². The van der Waals surface area contributed by atoms with E-state index in [1.165, 1.54) is 0 Å². The van der Waals surface area contributed by atoms with E-state index in [4.69, 9.17) is 15.8 Å². The lowest BCUT2D eigenvalue weighted by atomic mass is 9.72. The fourth-order valence-corrected chi connectivity index (χ4v) is 3.59. The summed E-state index contributed by atoms with van der Waals surface area (Å²) in [5.41, 5.74) is 8.85. The van der Waals surface area contributed by atoms with Gasteiger partial charge in [0.25, 0.3) is 0 Å². The SMILES string of the molecule is Cc1cc2c(cc1CN)C[C@H](CCCB(O)O)[C@]2(C)C(=O)O. The second-order valence-electron chi connectivity index (χ2n) is 6.46. The van der Waals surface area contributed by atoms with E-state index in [2.05, 4.69) is 0 Å². The maximum Gasteiger partial charge on any atom is 0.451 e. The van der Waals surface area contributed by atoms with Gasteiger partial charge >= 0.3 is 13.1 Å². The van der Waals surface area contributed by atoms with Crippen LogP contribution in [0.15, 0.2) is 12.1 Å². The molecule has 0 saturated heterocycles. The van der Waals surface area contributed by atoms with Crippen molar-refractivity contribution in [3.8, 4) is 0 Å². The molecule has 0 spiro atoms. The van der Waals surface area contributed by atoms with Crippen LogP contribution in [0, 0.1) is 12.8 Å². The molecule has 2 atom stereocenters. The number of rotatable bonds is 6. The monoisotopic (exact) mass is 305 g/mol. The van der Waals surface area contributed by atoms with Gasteiger partial charge < -0.3 is 20.9 Å². The number of carboxylic acid groups (broad SMARTS) is 1. The zero-order chi connectivity index (χ0) is 16.5. The number of hydrogen-bond acceptors (Lipinski definition) is 4. The van der Waals surface area contributed by atoms with Gasteiger partial charge in [0.05, 0.1) is 5.41 Å². The van der Waals surface area contributed by atoms with Crippen LogP contribution in [-0.4, -0.2) is 28.2 Å². The zero-order valence-electron chi connectivity index (χ0n) is 13.2. The molecule has 6 heteroatoms. The van der Waals surface area contributed by atoms with E-state index in [1.807, 2.05) is 19.1 Å². The van der Waals surface area contributed by atoms with E-state index in [9.17, 15) is 9.90 Å². The van der Waals surface area contributed by atoms with E-state index in [-0.39, 0.29) is 12.2 Å². The molecule has 0 aromatic heterocycles. The van der Waals surface area contributed by atoms with E-state index in [0.29, 0.717) is 25.8 Å². The second kappa shape index (κ2) is 6.40. The van der Waals surface area contributed by atoms with Crippen LogP contribution in [0.25, 0.3) is 0 Å². The number of nitrogens with two attached hydrogens (primary N) is 1. The number of aryl methyl sites for hydroxylation is 1. The van der Waals surface area contributed by atoms with E-state index < -0.39 is 18.5 Å².